The van der Waals surface area contributed by atoms with Crippen LogP contribution in [0.1, 0.15) is 32.3 Å². The Hall–Kier alpha value is -2.63. The maximum Gasteiger partial charge on any atom is 0.350 e. The van der Waals surface area contributed by atoms with Crippen molar-refractivity contribution in [2.45, 2.75) is 25.6 Å². The molecule has 1 saturated heterocycles. The highest BCUT2D eigenvalue weighted by molar-refractivity contribution is 7.17. The number of halogens is 3. The molecule has 1 amide bonds. The fraction of sp³-hybridized carbons (Fsp3) is 0.400. The normalized spacial score (nSPS) is 18.4. The number of aryl methyl sites for hydroxylation is 2. The molecule has 0 unspecified atom stereocenters. The second kappa shape index (κ2) is 9.32. The van der Waals surface area contributed by atoms with Gasteiger partial charge in [-0.3, -0.25) is 4.79 Å². The van der Waals surface area contributed by atoms with Crippen molar-refractivity contribution >= 4 is 51.5 Å². The molecule has 0 radical (unpaired) electrons. The van der Waals surface area contributed by atoms with Gasteiger partial charge < -0.3 is 24.5 Å². The van der Waals surface area contributed by atoms with Crippen LogP contribution in [0.4, 0.5) is 9.52 Å². The van der Waals surface area contributed by atoms with Gasteiger partial charge in [0.1, 0.15) is 22.4 Å². The maximum atomic E-state index is 15.1. The van der Waals surface area contributed by atoms with Gasteiger partial charge in [-0.05, 0) is 13.3 Å². The van der Waals surface area contributed by atoms with E-state index in [0.717, 1.165) is 11.3 Å². The molecule has 1 aliphatic heterocycles. The molecule has 1 fully saturated rings. The zero-order chi connectivity index (χ0) is 23.9. The number of aromatic amines is 1. The minimum atomic E-state index is -1.37. The molecule has 4 heterocycles. The molecule has 3 aromatic rings. The number of carbonyl (C=O) groups excluding carboxylic acids is 2. The smallest absolute Gasteiger partial charge is 0.350 e. The van der Waals surface area contributed by atoms with E-state index in [-0.39, 0.29) is 22.3 Å². The highest BCUT2D eigenvalue weighted by atomic mass is 35.5. The molecule has 33 heavy (non-hydrogen) atoms. The van der Waals surface area contributed by atoms with E-state index in [9.17, 15) is 9.59 Å². The van der Waals surface area contributed by atoms with E-state index in [1.54, 1.807) is 35.8 Å². The lowest BCUT2D eigenvalue weighted by Crippen LogP contribution is -2.52. The number of alkyl halides is 1. The lowest BCUT2D eigenvalue weighted by Gasteiger charge is -2.34. The van der Waals surface area contributed by atoms with Gasteiger partial charge in [0.25, 0.3) is 5.91 Å². The van der Waals surface area contributed by atoms with Gasteiger partial charge in [0.2, 0.25) is 0 Å². The predicted octanol–water partition coefficient (Wildman–Crippen LogP) is 3.62. The second-order valence-electron chi connectivity index (χ2n) is 7.61. The lowest BCUT2D eigenvalue weighted by molar-refractivity contribution is 0.0606. The molecule has 13 heteroatoms. The number of imidazole rings is 1. The first-order valence-corrected chi connectivity index (χ1v) is 11.6. The number of rotatable bonds is 5. The van der Waals surface area contributed by atoms with E-state index in [1.165, 1.54) is 7.11 Å². The number of nitrogens with zero attached hydrogens (tertiary/aromatic N) is 4. The number of thiazole rings is 1. The molecule has 1 aliphatic rings. The Morgan fingerprint density at radius 3 is 2.70 bits per heavy atom. The van der Waals surface area contributed by atoms with E-state index >= 15 is 4.39 Å². The van der Waals surface area contributed by atoms with Crippen molar-refractivity contribution in [2.24, 2.45) is 7.05 Å². The summed E-state index contributed by atoms with van der Waals surface area (Å²) in [6.45, 7) is 2.12. The molecule has 0 spiro atoms. The van der Waals surface area contributed by atoms with Crippen molar-refractivity contribution in [1.82, 2.24) is 24.8 Å². The Bertz CT molecular complexity index is 1210. The van der Waals surface area contributed by atoms with Crippen LogP contribution in [-0.4, -0.2) is 63.8 Å². The molecule has 2 N–H and O–H groups in total. The van der Waals surface area contributed by atoms with Gasteiger partial charge in [-0.1, -0.05) is 34.5 Å². The maximum absolute atomic E-state index is 15.1. The summed E-state index contributed by atoms with van der Waals surface area (Å²) in [4.78, 5) is 38.6. The monoisotopic (exact) mass is 514 g/mol. The van der Waals surface area contributed by atoms with E-state index < -0.39 is 24.1 Å². The zero-order valence-electron chi connectivity index (χ0n) is 18.0. The van der Waals surface area contributed by atoms with Gasteiger partial charge in [-0.25, -0.2) is 19.2 Å². The number of H-pyrrole nitrogens is 1. The van der Waals surface area contributed by atoms with Crippen molar-refractivity contribution < 1.29 is 18.7 Å². The van der Waals surface area contributed by atoms with Gasteiger partial charge in [0.15, 0.2) is 11.0 Å². The summed E-state index contributed by atoms with van der Waals surface area (Å²) in [7, 11) is 3.08. The van der Waals surface area contributed by atoms with Gasteiger partial charge >= 0.3 is 5.97 Å². The van der Waals surface area contributed by atoms with Gasteiger partial charge in [-0.15, -0.1) is 0 Å². The zero-order valence-corrected chi connectivity index (χ0v) is 20.3. The van der Waals surface area contributed by atoms with Crippen molar-refractivity contribution in [3.05, 3.63) is 38.7 Å². The average Bonchev–Trinajstić information content (AvgIpc) is 3.48. The summed E-state index contributed by atoms with van der Waals surface area (Å²) in [5.74, 6) is -0.545. The Morgan fingerprint density at radius 1 is 1.36 bits per heavy atom. The number of amides is 1. The minimum Gasteiger partial charge on any atom is -0.465 e. The van der Waals surface area contributed by atoms with Gasteiger partial charge in [-0.2, -0.15) is 0 Å². The van der Waals surface area contributed by atoms with Crippen LogP contribution < -0.4 is 10.2 Å². The number of hydrogen-bond acceptors (Lipinski definition) is 7. The first-order chi connectivity index (χ1) is 15.7. The predicted molar refractivity (Wildman–Crippen MR) is 124 cm³/mol. The summed E-state index contributed by atoms with van der Waals surface area (Å²) in [6.07, 6.45) is 2.32. The number of hydrogen-bond donors (Lipinski definition) is 2. The van der Waals surface area contributed by atoms with Crippen molar-refractivity contribution in [3.8, 4) is 11.5 Å². The summed E-state index contributed by atoms with van der Waals surface area (Å²) in [6, 6.07) is -0.707. The van der Waals surface area contributed by atoms with Crippen molar-refractivity contribution in [1.29, 1.82) is 0 Å². The fourth-order valence-electron chi connectivity index (χ4n) is 3.63. The molecule has 0 aliphatic carbocycles. The highest BCUT2D eigenvalue weighted by Gasteiger charge is 2.34. The van der Waals surface area contributed by atoms with Crippen molar-refractivity contribution in [3.63, 3.8) is 0 Å². The molecule has 0 saturated carbocycles. The summed E-state index contributed by atoms with van der Waals surface area (Å²) in [5, 5.41) is 3.55. The Kier molecular flexibility index (Phi) is 6.64. The Labute approximate surface area is 202 Å². The number of nitrogens with one attached hydrogen (secondary N) is 2. The third kappa shape index (κ3) is 4.44. The standard InChI is InChI=1S/C20H21Cl2FN6O3S/c1-9-12(21)13(22)14(25-9)18(30)26-11-4-6-29(8-10(11)23)20-27-15(16(33-20)19(31)32-3)17-24-5-7-28(17)2/h5,7,10-11,25H,4,6,8H2,1-3H3,(H,26,30)/t10-,11+/m0/s1. The SMILES string of the molecule is COC(=O)c1sc(N2CC[C@@H](NC(=O)c3[nH]c(C)c(Cl)c3Cl)[C@@H](F)C2)nc1-c1nccn1C. The molecular weight excluding hydrogens is 494 g/mol. The first-order valence-electron chi connectivity index (χ1n) is 10.0. The second-order valence-corrected chi connectivity index (χ2v) is 9.34. The number of piperidine rings is 1. The number of ether oxygens (including phenoxy) is 1. The van der Waals surface area contributed by atoms with Crippen LogP contribution >= 0.6 is 34.5 Å². The third-order valence-electron chi connectivity index (χ3n) is 5.43. The summed E-state index contributed by atoms with van der Waals surface area (Å²) < 4.78 is 21.7. The number of esters is 1. The molecular formula is C20H21Cl2FN6O3S. The number of aromatic nitrogens is 4. The van der Waals surface area contributed by atoms with Crippen LogP contribution in [0.2, 0.25) is 10.0 Å². The van der Waals surface area contributed by atoms with Gasteiger partial charge in [0, 0.05) is 31.7 Å². The number of carbonyl (C=O) groups is 2. The number of anilines is 1. The third-order valence-corrected chi connectivity index (χ3v) is 7.47. The summed E-state index contributed by atoms with van der Waals surface area (Å²) in [5.41, 5.74) is 1.05. The van der Waals surface area contributed by atoms with Crippen LogP contribution in [-0.2, 0) is 11.8 Å². The largest absolute Gasteiger partial charge is 0.465 e. The summed E-state index contributed by atoms with van der Waals surface area (Å²) >= 11 is 13.2. The van der Waals surface area contributed by atoms with Crippen LogP contribution in [0.5, 0.6) is 0 Å². The van der Waals surface area contributed by atoms with E-state index in [0.29, 0.717) is 40.2 Å². The number of methoxy groups -OCH3 is 1. The molecule has 2 atom stereocenters. The van der Waals surface area contributed by atoms with Crippen molar-refractivity contribution in [2.75, 3.05) is 25.1 Å². The topological polar surface area (TPSA) is 105 Å². The van der Waals surface area contributed by atoms with Crippen LogP contribution in [0.15, 0.2) is 12.4 Å². The van der Waals surface area contributed by atoms with E-state index in [1.807, 2.05) is 0 Å². The quantitative estimate of drug-likeness (QED) is 0.503. The van der Waals surface area contributed by atoms with Crippen LogP contribution in [0.25, 0.3) is 11.5 Å². The van der Waals surface area contributed by atoms with Crippen LogP contribution in [0, 0.1) is 6.92 Å². The fourth-order valence-corrected chi connectivity index (χ4v) is 5.06. The molecule has 0 aromatic carbocycles. The average molecular weight is 515 g/mol. The van der Waals surface area contributed by atoms with E-state index in [2.05, 4.69) is 20.3 Å². The molecule has 3 aromatic heterocycles. The molecule has 4 rings (SSSR count). The minimum absolute atomic E-state index is 0.00266. The first kappa shape index (κ1) is 23.5. The van der Waals surface area contributed by atoms with Gasteiger partial charge in [0.05, 0.1) is 29.7 Å². The van der Waals surface area contributed by atoms with Crippen LogP contribution in [0.3, 0.4) is 0 Å². The lowest BCUT2D eigenvalue weighted by atomic mass is 10.0. The Balaban J connectivity index is 1.50. The Morgan fingerprint density at radius 2 is 2.12 bits per heavy atom. The molecule has 176 valence electrons. The molecule has 0 bridgehead atoms. The van der Waals surface area contributed by atoms with E-state index in [4.69, 9.17) is 27.9 Å². The highest BCUT2D eigenvalue weighted by Crippen LogP contribution is 2.35. The molecule has 9 nitrogen and oxygen atoms in total.